The number of aliphatic carboxylic acids is 1. The van der Waals surface area contributed by atoms with Crippen LogP contribution in [0.1, 0.15) is 27.2 Å². The lowest BCUT2D eigenvalue weighted by Gasteiger charge is -2.27. The first-order valence-electron chi connectivity index (χ1n) is 3.40. The minimum Gasteiger partial charge on any atom is -0.480 e. The quantitative estimate of drug-likeness (QED) is 0.542. The molecule has 0 bridgehead atoms. The molecule has 0 fully saturated rings. The van der Waals surface area contributed by atoms with Crippen molar-refractivity contribution in [1.29, 1.82) is 0 Å². The second kappa shape index (κ2) is 2.79. The van der Waals surface area contributed by atoms with Crippen molar-refractivity contribution in [1.82, 2.24) is 0 Å². The van der Waals surface area contributed by atoms with Gasteiger partial charge in [-0.1, -0.05) is 0 Å². The van der Waals surface area contributed by atoms with Crippen molar-refractivity contribution in [2.24, 2.45) is 5.73 Å². The number of nitrogens with two attached hydrogens (primary N) is 1. The zero-order valence-electron chi connectivity index (χ0n) is 7.09. The topological polar surface area (TPSA) is 83.5 Å². The molecule has 0 aromatic heterocycles. The molecule has 0 aromatic rings. The van der Waals surface area contributed by atoms with Crippen molar-refractivity contribution in [2.45, 2.75) is 38.3 Å². The van der Waals surface area contributed by atoms with Gasteiger partial charge >= 0.3 is 5.97 Å². The van der Waals surface area contributed by atoms with Gasteiger partial charge in [0.25, 0.3) is 0 Å². The minimum absolute atomic E-state index is 0.0370. The van der Waals surface area contributed by atoms with Crippen LogP contribution in [0.25, 0.3) is 0 Å². The van der Waals surface area contributed by atoms with Gasteiger partial charge in [0.2, 0.25) is 0 Å². The van der Waals surface area contributed by atoms with Gasteiger partial charge in [0, 0.05) is 6.42 Å². The van der Waals surface area contributed by atoms with E-state index in [0.717, 1.165) is 0 Å². The van der Waals surface area contributed by atoms with Crippen LogP contribution in [0.5, 0.6) is 0 Å². The molecular weight excluding hydrogens is 146 g/mol. The van der Waals surface area contributed by atoms with Crippen molar-refractivity contribution in [3.63, 3.8) is 0 Å². The highest BCUT2D eigenvalue weighted by Crippen LogP contribution is 2.17. The normalized spacial score (nSPS) is 17.5. The molecule has 66 valence electrons. The van der Waals surface area contributed by atoms with E-state index in [1.54, 1.807) is 0 Å². The van der Waals surface area contributed by atoms with E-state index in [1.165, 1.54) is 20.8 Å². The fraction of sp³-hybridized carbons (Fsp3) is 0.857. The molecule has 11 heavy (non-hydrogen) atoms. The van der Waals surface area contributed by atoms with Crippen LogP contribution in [0.4, 0.5) is 0 Å². The van der Waals surface area contributed by atoms with Crippen molar-refractivity contribution < 1.29 is 15.0 Å². The van der Waals surface area contributed by atoms with Gasteiger partial charge in [-0.3, -0.25) is 4.79 Å². The summed E-state index contributed by atoms with van der Waals surface area (Å²) < 4.78 is 0. The fourth-order valence-corrected chi connectivity index (χ4v) is 0.974. The maximum absolute atomic E-state index is 10.5. The molecule has 0 radical (unpaired) electrons. The summed E-state index contributed by atoms with van der Waals surface area (Å²) in [6, 6.07) is 0. The standard InChI is InChI=1S/C7H15NO3/c1-6(2,11)4-7(3,8)5(9)10/h11H,4,8H2,1-3H3,(H,9,10)/t7-/m0/s1. The Bertz CT molecular complexity index is 158. The molecule has 0 saturated carbocycles. The van der Waals surface area contributed by atoms with Gasteiger partial charge in [-0.2, -0.15) is 0 Å². The molecular formula is C7H15NO3. The number of carboxylic acids is 1. The maximum atomic E-state index is 10.5. The SMILES string of the molecule is CC(C)(O)C[C@](C)(N)C(=O)O. The van der Waals surface area contributed by atoms with Crippen LogP contribution < -0.4 is 5.73 Å². The van der Waals surface area contributed by atoms with Crippen LogP contribution in [-0.4, -0.2) is 27.3 Å². The lowest BCUT2D eigenvalue weighted by Crippen LogP contribution is -2.49. The molecule has 4 heteroatoms. The smallest absolute Gasteiger partial charge is 0.323 e. The van der Waals surface area contributed by atoms with Crippen molar-refractivity contribution >= 4 is 5.97 Å². The number of hydrogen-bond donors (Lipinski definition) is 3. The summed E-state index contributed by atoms with van der Waals surface area (Å²) in [5, 5.41) is 17.8. The average molecular weight is 161 g/mol. The summed E-state index contributed by atoms with van der Waals surface area (Å²) in [7, 11) is 0. The molecule has 0 heterocycles. The van der Waals surface area contributed by atoms with E-state index >= 15 is 0 Å². The summed E-state index contributed by atoms with van der Waals surface area (Å²) in [6.07, 6.45) is 0.0370. The zero-order chi connectivity index (χ0) is 9.28. The van der Waals surface area contributed by atoms with Gasteiger partial charge in [0.1, 0.15) is 5.54 Å². The molecule has 0 unspecified atom stereocenters. The van der Waals surface area contributed by atoms with Crippen LogP contribution >= 0.6 is 0 Å². The van der Waals surface area contributed by atoms with E-state index in [9.17, 15) is 9.90 Å². The van der Waals surface area contributed by atoms with Crippen LogP contribution in [0.15, 0.2) is 0 Å². The summed E-state index contributed by atoms with van der Waals surface area (Å²) >= 11 is 0. The summed E-state index contributed by atoms with van der Waals surface area (Å²) in [4.78, 5) is 10.5. The van der Waals surface area contributed by atoms with Crippen LogP contribution in [0.2, 0.25) is 0 Å². The Morgan fingerprint density at radius 3 is 1.91 bits per heavy atom. The van der Waals surface area contributed by atoms with E-state index in [-0.39, 0.29) is 6.42 Å². The van der Waals surface area contributed by atoms with Crippen LogP contribution in [-0.2, 0) is 4.79 Å². The highest BCUT2D eigenvalue weighted by Gasteiger charge is 2.33. The lowest BCUT2D eigenvalue weighted by molar-refractivity contribution is -0.144. The van der Waals surface area contributed by atoms with Crippen molar-refractivity contribution in [3.05, 3.63) is 0 Å². The third-order valence-corrected chi connectivity index (χ3v) is 1.29. The Morgan fingerprint density at radius 2 is 1.82 bits per heavy atom. The molecule has 0 amide bonds. The molecule has 4 N–H and O–H groups in total. The van der Waals surface area contributed by atoms with Gasteiger partial charge in [-0.25, -0.2) is 0 Å². The Kier molecular flexibility index (Phi) is 2.64. The van der Waals surface area contributed by atoms with E-state index in [0.29, 0.717) is 0 Å². The average Bonchev–Trinajstić information content (AvgIpc) is 1.56. The summed E-state index contributed by atoms with van der Waals surface area (Å²) in [5.41, 5.74) is 3.00. The summed E-state index contributed by atoms with van der Waals surface area (Å²) in [6.45, 7) is 4.44. The maximum Gasteiger partial charge on any atom is 0.323 e. The highest BCUT2D eigenvalue weighted by atomic mass is 16.4. The lowest BCUT2D eigenvalue weighted by atomic mass is 9.89. The number of aliphatic hydroxyl groups is 1. The molecule has 0 aromatic carbocycles. The van der Waals surface area contributed by atoms with Gasteiger partial charge in [-0.15, -0.1) is 0 Å². The molecule has 0 rings (SSSR count). The number of carboxylic acid groups (broad SMARTS) is 1. The van der Waals surface area contributed by atoms with E-state index in [1.807, 2.05) is 0 Å². The van der Waals surface area contributed by atoms with Gasteiger partial charge in [0.15, 0.2) is 0 Å². The fourth-order valence-electron chi connectivity index (χ4n) is 0.974. The molecule has 0 spiro atoms. The zero-order valence-corrected chi connectivity index (χ0v) is 7.09. The Morgan fingerprint density at radius 1 is 1.45 bits per heavy atom. The Hall–Kier alpha value is -0.610. The molecule has 1 atom stereocenters. The first-order valence-corrected chi connectivity index (χ1v) is 3.40. The molecule has 0 aliphatic rings. The van der Waals surface area contributed by atoms with Crippen LogP contribution in [0.3, 0.4) is 0 Å². The largest absolute Gasteiger partial charge is 0.480 e. The molecule has 0 aliphatic carbocycles. The Balaban J connectivity index is 4.25. The van der Waals surface area contributed by atoms with Crippen molar-refractivity contribution in [3.8, 4) is 0 Å². The van der Waals surface area contributed by atoms with Crippen LogP contribution in [0, 0.1) is 0 Å². The van der Waals surface area contributed by atoms with Gasteiger partial charge < -0.3 is 15.9 Å². The molecule has 4 nitrogen and oxygen atoms in total. The number of hydrogen-bond acceptors (Lipinski definition) is 3. The van der Waals surface area contributed by atoms with Crippen molar-refractivity contribution in [2.75, 3.05) is 0 Å². The molecule has 0 aliphatic heterocycles. The van der Waals surface area contributed by atoms with E-state index in [2.05, 4.69) is 0 Å². The third kappa shape index (κ3) is 3.95. The van der Waals surface area contributed by atoms with E-state index < -0.39 is 17.1 Å². The second-order valence-corrected chi connectivity index (χ2v) is 3.71. The monoisotopic (exact) mass is 161 g/mol. The Labute approximate surface area is 66.0 Å². The summed E-state index contributed by atoms with van der Waals surface area (Å²) in [5.74, 6) is -1.10. The van der Waals surface area contributed by atoms with E-state index in [4.69, 9.17) is 10.8 Å². The second-order valence-electron chi connectivity index (χ2n) is 3.71. The number of rotatable bonds is 3. The minimum atomic E-state index is -1.35. The molecule has 0 saturated heterocycles. The van der Waals surface area contributed by atoms with Gasteiger partial charge in [0.05, 0.1) is 5.60 Å². The van der Waals surface area contributed by atoms with Gasteiger partial charge in [-0.05, 0) is 20.8 Å². The third-order valence-electron chi connectivity index (χ3n) is 1.29. The highest BCUT2D eigenvalue weighted by molar-refractivity contribution is 5.77. The predicted octanol–water partition coefficient (Wildman–Crippen LogP) is -0.0506. The first-order chi connectivity index (χ1) is 4.65. The predicted molar refractivity (Wildman–Crippen MR) is 41.1 cm³/mol. The number of carbonyl (C=O) groups is 1. The first kappa shape index (κ1) is 10.4.